The van der Waals surface area contributed by atoms with Crippen molar-refractivity contribution in [2.75, 3.05) is 19.7 Å². The van der Waals surface area contributed by atoms with E-state index in [0.717, 1.165) is 37.2 Å². The van der Waals surface area contributed by atoms with E-state index in [2.05, 4.69) is 53.3 Å². The number of amides is 1. The smallest absolute Gasteiger partial charge is 0.241 e. The summed E-state index contributed by atoms with van der Waals surface area (Å²) in [7, 11) is 0. The Kier molecular flexibility index (Phi) is 7.86. The number of carbonyl (C=O) groups is 1. The third kappa shape index (κ3) is 6.92. The molecular formula is C28H36N4O3. The standard InChI is InChI=1S/C28H36N4O3/c1-20(19-34-24-8-6-5-7-9-24)29-27(33)22-14-16-32(17-15-22)18-25-30-26(31-35-25)21-10-12-23(13-11-21)28(2,3)4/h5-13,20,22H,14-19H2,1-4H3,(H,29,33). The summed E-state index contributed by atoms with van der Waals surface area (Å²) in [4.78, 5) is 19.6. The van der Waals surface area contributed by atoms with Crippen molar-refractivity contribution in [3.8, 4) is 17.1 Å². The summed E-state index contributed by atoms with van der Waals surface area (Å²) in [5.74, 6) is 2.15. The van der Waals surface area contributed by atoms with Gasteiger partial charge in [0.05, 0.1) is 12.6 Å². The lowest BCUT2D eigenvalue weighted by atomic mass is 9.87. The van der Waals surface area contributed by atoms with Gasteiger partial charge in [0.15, 0.2) is 0 Å². The fraction of sp³-hybridized carbons (Fsp3) is 0.464. The molecule has 7 heteroatoms. The molecule has 2 aromatic carbocycles. The largest absolute Gasteiger partial charge is 0.491 e. The summed E-state index contributed by atoms with van der Waals surface area (Å²) in [6, 6.07) is 17.9. The minimum atomic E-state index is -0.0463. The zero-order valence-electron chi connectivity index (χ0n) is 21.2. The highest BCUT2D eigenvalue weighted by molar-refractivity contribution is 5.79. The molecule has 1 fully saturated rings. The highest BCUT2D eigenvalue weighted by atomic mass is 16.5. The number of ether oxygens (including phenoxy) is 1. The van der Waals surface area contributed by atoms with Crippen LogP contribution in [0.3, 0.4) is 0 Å². The molecule has 0 saturated carbocycles. The van der Waals surface area contributed by atoms with Crippen LogP contribution in [-0.4, -0.2) is 46.7 Å². The van der Waals surface area contributed by atoms with Crippen LogP contribution >= 0.6 is 0 Å². The summed E-state index contributed by atoms with van der Waals surface area (Å²) in [6.45, 7) is 11.3. The van der Waals surface area contributed by atoms with Gasteiger partial charge in [-0.1, -0.05) is 68.4 Å². The van der Waals surface area contributed by atoms with Crippen LogP contribution in [0, 0.1) is 5.92 Å². The van der Waals surface area contributed by atoms with Gasteiger partial charge in [0.2, 0.25) is 17.6 Å². The van der Waals surface area contributed by atoms with Crippen molar-refractivity contribution < 1.29 is 14.1 Å². The molecule has 1 N–H and O–H groups in total. The van der Waals surface area contributed by atoms with Crippen molar-refractivity contribution in [1.29, 1.82) is 0 Å². The number of hydrogen-bond acceptors (Lipinski definition) is 6. The number of carbonyl (C=O) groups excluding carboxylic acids is 1. The molecule has 0 bridgehead atoms. The van der Waals surface area contributed by atoms with Crippen molar-refractivity contribution in [2.24, 2.45) is 5.92 Å². The molecule has 4 rings (SSSR count). The number of aromatic nitrogens is 2. The Hall–Kier alpha value is -3.19. The number of nitrogens with zero attached hydrogens (tertiary/aromatic N) is 3. The van der Waals surface area contributed by atoms with Crippen LogP contribution in [0.25, 0.3) is 11.4 Å². The Bertz CT molecular complexity index is 1080. The Morgan fingerprint density at radius 3 is 2.46 bits per heavy atom. The number of rotatable bonds is 8. The maximum atomic E-state index is 12.7. The van der Waals surface area contributed by atoms with E-state index in [1.807, 2.05) is 49.4 Å². The van der Waals surface area contributed by atoms with Crippen LogP contribution in [-0.2, 0) is 16.8 Å². The molecule has 35 heavy (non-hydrogen) atoms. The summed E-state index contributed by atoms with van der Waals surface area (Å²) in [5.41, 5.74) is 2.33. The molecule has 0 radical (unpaired) electrons. The molecule has 186 valence electrons. The summed E-state index contributed by atoms with van der Waals surface area (Å²) in [5, 5.41) is 7.27. The van der Waals surface area contributed by atoms with Crippen molar-refractivity contribution in [2.45, 2.75) is 58.5 Å². The van der Waals surface area contributed by atoms with E-state index in [1.165, 1.54) is 5.56 Å². The van der Waals surface area contributed by atoms with E-state index >= 15 is 0 Å². The first kappa shape index (κ1) is 24.9. The first-order chi connectivity index (χ1) is 16.8. The van der Waals surface area contributed by atoms with Crippen LogP contribution in [0.1, 0.15) is 52.0 Å². The summed E-state index contributed by atoms with van der Waals surface area (Å²) < 4.78 is 11.3. The average molecular weight is 477 g/mol. The lowest BCUT2D eigenvalue weighted by Crippen LogP contribution is -2.44. The third-order valence-electron chi connectivity index (χ3n) is 6.43. The minimum Gasteiger partial charge on any atom is -0.491 e. The molecule has 2 heterocycles. The van der Waals surface area contributed by atoms with Gasteiger partial charge in [-0.2, -0.15) is 4.98 Å². The SMILES string of the molecule is CC(COc1ccccc1)NC(=O)C1CCN(Cc2nc(-c3ccc(C(C)(C)C)cc3)no2)CC1. The third-order valence-corrected chi connectivity index (χ3v) is 6.43. The van der Waals surface area contributed by atoms with Gasteiger partial charge >= 0.3 is 0 Å². The van der Waals surface area contributed by atoms with Crippen LogP contribution < -0.4 is 10.1 Å². The topological polar surface area (TPSA) is 80.5 Å². The molecule has 1 aromatic heterocycles. The zero-order chi connectivity index (χ0) is 24.8. The Morgan fingerprint density at radius 2 is 1.80 bits per heavy atom. The molecule has 1 aliphatic rings. The van der Waals surface area contributed by atoms with E-state index < -0.39 is 0 Å². The predicted octanol–water partition coefficient (Wildman–Crippen LogP) is 4.83. The fourth-order valence-corrected chi connectivity index (χ4v) is 4.24. The zero-order valence-corrected chi connectivity index (χ0v) is 21.2. The van der Waals surface area contributed by atoms with E-state index in [0.29, 0.717) is 24.9 Å². The van der Waals surface area contributed by atoms with Crippen molar-refractivity contribution in [3.63, 3.8) is 0 Å². The van der Waals surface area contributed by atoms with E-state index in [-0.39, 0.29) is 23.3 Å². The van der Waals surface area contributed by atoms with E-state index in [9.17, 15) is 4.79 Å². The number of likely N-dealkylation sites (tertiary alicyclic amines) is 1. The normalized spacial score (nSPS) is 16.1. The molecule has 0 spiro atoms. The Labute approximate surface area is 207 Å². The maximum absolute atomic E-state index is 12.7. The van der Waals surface area contributed by atoms with Crippen LogP contribution in [0.2, 0.25) is 0 Å². The van der Waals surface area contributed by atoms with Gasteiger partial charge in [0.25, 0.3) is 0 Å². The van der Waals surface area contributed by atoms with Crippen LogP contribution in [0.15, 0.2) is 59.1 Å². The molecule has 1 aliphatic heterocycles. The Morgan fingerprint density at radius 1 is 1.11 bits per heavy atom. The quantitative estimate of drug-likeness (QED) is 0.502. The van der Waals surface area contributed by atoms with Gasteiger partial charge in [-0.25, -0.2) is 0 Å². The highest BCUT2D eigenvalue weighted by Crippen LogP contribution is 2.25. The van der Waals surface area contributed by atoms with Gasteiger partial charge in [0, 0.05) is 11.5 Å². The minimum absolute atomic E-state index is 0.0185. The van der Waals surface area contributed by atoms with Gasteiger partial charge in [0.1, 0.15) is 12.4 Å². The van der Waals surface area contributed by atoms with E-state index in [4.69, 9.17) is 9.26 Å². The number of benzene rings is 2. The van der Waals surface area contributed by atoms with Gasteiger partial charge < -0.3 is 14.6 Å². The molecule has 1 atom stereocenters. The van der Waals surface area contributed by atoms with Crippen molar-refractivity contribution >= 4 is 5.91 Å². The summed E-state index contributed by atoms with van der Waals surface area (Å²) >= 11 is 0. The molecular weight excluding hydrogens is 440 g/mol. The van der Waals surface area contributed by atoms with Crippen molar-refractivity contribution in [1.82, 2.24) is 20.4 Å². The second-order valence-electron chi connectivity index (χ2n) is 10.4. The molecule has 1 amide bonds. The van der Waals surface area contributed by atoms with Gasteiger partial charge in [-0.3, -0.25) is 9.69 Å². The molecule has 0 aliphatic carbocycles. The predicted molar refractivity (Wildman–Crippen MR) is 136 cm³/mol. The average Bonchev–Trinajstić information content (AvgIpc) is 3.32. The summed E-state index contributed by atoms with van der Waals surface area (Å²) in [6.07, 6.45) is 1.63. The molecule has 3 aromatic rings. The van der Waals surface area contributed by atoms with Crippen LogP contribution in [0.4, 0.5) is 0 Å². The first-order valence-corrected chi connectivity index (χ1v) is 12.4. The number of para-hydroxylation sites is 1. The Balaban J connectivity index is 1.21. The molecule has 7 nitrogen and oxygen atoms in total. The number of piperidine rings is 1. The van der Waals surface area contributed by atoms with E-state index in [1.54, 1.807) is 0 Å². The van der Waals surface area contributed by atoms with Gasteiger partial charge in [-0.15, -0.1) is 0 Å². The van der Waals surface area contributed by atoms with Crippen LogP contribution in [0.5, 0.6) is 5.75 Å². The maximum Gasteiger partial charge on any atom is 0.241 e. The highest BCUT2D eigenvalue weighted by Gasteiger charge is 2.27. The first-order valence-electron chi connectivity index (χ1n) is 12.4. The fourth-order valence-electron chi connectivity index (χ4n) is 4.24. The molecule has 1 saturated heterocycles. The second kappa shape index (κ2) is 11.0. The van der Waals surface area contributed by atoms with Gasteiger partial charge in [-0.05, 0) is 56.0 Å². The number of nitrogens with one attached hydrogen (secondary N) is 1. The van der Waals surface area contributed by atoms with Crippen molar-refractivity contribution in [3.05, 3.63) is 66.1 Å². The molecule has 1 unspecified atom stereocenters. The monoisotopic (exact) mass is 476 g/mol. The lowest BCUT2D eigenvalue weighted by molar-refractivity contribution is -0.127. The lowest BCUT2D eigenvalue weighted by Gasteiger charge is -2.30. The second-order valence-corrected chi connectivity index (χ2v) is 10.4. The number of hydrogen-bond donors (Lipinski definition) is 1.